The molecular weight excluding hydrogens is 380 g/mol. The second kappa shape index (κ2) is 10.1. The molecule has 30 heavy (non-hydrogen) atoms. The Morgan fingerprint density at radius 2 is 1.47 bits per heavy atom. The van der Waals surface area contributed by atoms with Crippen molar-refractivity contribution >= 4 is 18.4 Å². The summed E-state index contributed by atoms with van der Waals surface area (Å²) < 4.78 is 0. The van der Waals surface area contributed by atoms with Gasteiger partial charge in [-0.1, -0.05) is 117 Å². The van der Waals surface area contributed by atoms with Gasteiger partial charge in [-0.2, -0.15) is 0 Å². The van der Waals surface area contributed by atoms with E-state index in [1.165, 1.54) is 48.1 Å². The molecule has 0 heterocycles. The van der Waals surface area contributed by atoms with Crippen LogP contribution in [-0.4, -0.2) is 18.4 Å². The zero-order chi connectivity index (χ0) is 21.6. The zero-order valence-corrected chi connectivity index (χ0v) is 20.4. The number of benzene rings is 2. The summed E-state index contributed by atoms with van der Waals surface area (Å²) in [6.07, 6.45) is 10.9. The molecule has 1 fully saturated rings. The van der Waals surface area contributed by atoms with Crippen LogP contribution < -0.4 is 10.4 Å². The molecule has 1 nitrogen and oxygen atoms in total. The van der Waals surface area contributed by atoms with Crippen LogP contribution in [0.2, 0.25) is 6.55 Å². The standard InChI is InChI=1S/C28H40OSi/c1-23(2)20-21-28(29,24(3)22-25-14-8-5-9-15-25)30(4,26-16-10-6-11-17-26)27-18-12-7-13-19-27/h6-7,10-13,16-19,22-23,25,29H,5,8-9,14-15,20-21H2,1-4H3/b24-22+. The summed E-state index contributed by atoms with van der Waals surface area (Å²) in [7, 11) is -2.48. The van der Waals surface area contributed by atoms with Gasteiger partial charge in [-0.05, 0) is 50.0 Å². The Labute approximate surface area is 185 Å². The second-order valence-corrected chi connectivity index (χ2v) is 14.1. The average molecular weight is 421 g/mol. The maximum absolute atomic E-state index is 12.7. The van der Waals surface area contributed by atoms with Crippen LogP contribution in [0.4, 0.5) is 0 Å². The van der Waals surface area contributed by atoms with Gasteiger partial charge in [-0.3, -0.25) is 0 Å². The van der Waals surface area contributed by atoms with E-state index in [1.54, 1.807) is 0 Å². The molecule has 2 heteroatoms. The molecule has 1 aliphatic carbocycles. The lowest BCUT2D eigenvalue weighted by atomic mass is 9.86. The summed E-state index contributed by atoms with van der Waals surface area (Å²) >= 11 is 0. The van der Waals surface area contributed by atoms with E-state index in [9.17, 15) is 5.11 Å². The van der Waals surface area contributed by atoms with E-state index >= 15 is 0 Å². The van der Waals surface area contributed by atoms with Crippen LogP contribution in [0.15, 0.2) is 72.3 Å². The van der Waals surface area contributed by atoms with Crippen molar-refractivity contribution in [3.8, 4) is 0 Å². The Bertz CT molecular complexity index is 766. The third-order valence-corrected chi connectivity index (χ3v) is 12.7. The molecule has 0 radical (unpaired) electrons. The van der Waals surface area contributed by atoms with Crippen molar-refractivity contribution in [3.63, 3.8) is 0 Å². The van der Waals surface area contributed by atoms with Gasteiger partial charge in [0.05, 0.1) is 5.22 Å². The molecule has 162 valence electrons. The Morgan fingerprint density at radius 3 is 1.93 bits per heavy atom. The molecular formula is C28H40OSi. The molecule has 0 spiro atoms. The largest absolute Gasteiger partial charge is 0.388 e. The fraction of sp³-hybridized carbons (Fsp3) is 0.500. The molecule has 0 bridgehead atoms. The first kappa shape index (κ1) is 23.0. The van der Waals surface area contributed by atoms with Gasteiger partial charge in [0.15, 0.2) is 8.07 Å². The van der Waals surface area contributed by atoms with Crippen LogP contribution in [-0.2, 0) is 0 Å². The van der Waals surface area contributed by atoms with Crippen molar-refractivity contribution in [2.75, 3.05) is 0 Å². The van der Waals surface area contributed by atoms with Crippen molar-refractivity contribution in [1.29, 1.82) is 0 Å². The van der Waals surface area contributed by atoms with Gasteiger partial charge >= 0.3 is 0 Å². The Hall–Kier alpha value is -1.64. The third kappa shape index (κ3) is 4.81. The molecule has 1 N–H and O–H groups in total. The summed E-state index contributed by atoms with van der Waals surface area (Å²) in [6.45, 7) is 9.14. The maximum atomic E-state index is 12.7. The minimum absolute atomic E-state index is 0.573. The number of hydrogen-bond acceptors (Lipinski definition) is 1. The molecule has 0 saturated heterocycles. The normalized spacial score (nSPS) is 18.4. The van der Waals surface area contributed by atoms with E-state index in [4.69, 9.17) is 0 Å². The van der Waals surface area contributed by atoms with E-state index in [2.05, 4.69) is 94.1 Å². The molecule has 0 amide bonds. The summed E-state index contributed by atoms with van der Waals surface area (Å²) in [4.78, 5) is 0. The van der Waals surface area contributed by atoms with E-state index in [0.717, 1.165) is 12.8 Å². The lowest BCUT2D eigenvalue weighted by molar-refractivity contribution is 0.136. The maximum Gasteiger partial charge on any atom is 0.154 e. The van der Waals surface area contributed by atoms with Crippen LogP contribution in [0.3, 0.4) is 0 Å². The van der Waals surface area contributed by atoms with Crippen LogP contribution in [0.25, 0.3) is 0 Å². The first-order valence-corrected chi connectivity index (χ1v) is 14.4. The zero-order valence-electron chi connectivity index (χ0n) is 19.4. The van der Waals surface area contributed by atoms with E-state index in [1.807, 2.05) is 0 Å². The highest BCUT2D eigenvalue weighted by Crippen LogP contribution is 2.36. The lowest BCUT2D eigenvalue weighted by Gasteiger charge is -2.46. The van der Waals surface area contributed by atoms with Crippen molar-refractivity contribution in [3.05, 3.63) is 72.3 Å². The predicted octanol–water partition coefficient (Wildman–Crippen LogP) is 6.11. The highest BCUT2D eigenvalue weighted by atomic mass is 28.3. The molecule has 0 aromatic heterocycles. The molecule has 0 aliphatic heterocycles. The van der Waals surface area contributed by atoms with Crippen molar-refractivity contribution in [2.24, 2.45) is 11.8 Å². The number of allylic oxidation sites excluding steroid dienone is 1. The average Bonchev–Trinajstić information content (AvgIpc) is 2.78. The first-order chi connectivity index (χ1) is 14.4. The van der Waals surface area contributed by atoms with Crippen LogP contribution >= 0.6 is 0 Å². The topological polar surface area (TPSA) is 20.2 Å². The van der Waals surface area contributed by atoms with E-state index in [-0.39, 0.29) is 0 Å². The Balaban J connectivity index is 2.15. The first-order valence-electron chi connectivity index (χ1n) is 11.9. The Morgan fingerprint density at radius 1 is 0.967 bits per heavy atom. The fourth-order valence-corrected chi connectivity index (χ4v) is 9.84. The molecule has 2 aromatic carbocycles. The fourth-order valence-electron chi connectivity index (χ4n) is 5.32. The summed E-state index contributed by atoms with van der Waals surface area (Å²) in [5.41, 5.74) is 1.21. The highest BCUT2D eigenvalue weighted by molar-refractivity contribution is 7.03. The molecule has 1 atom stereocenters. The number of hydrogen-bond donors (Lipinski definition) is 1. The lowest BCUT2D eigenvalue weighted by Crippen LogP contribution is -2.72. The monoisotopic (exact) mass is 420 g/mol. The van der Waals surface area contributed by atoms with Crippen LogP contribution in [0.5, 0.6) is 0 Å². The molecule has 3 rings (SSSR count). The molecule has 1 saturated carbocycles. The number of rotatable bonds is 8. The number of aliphatic hydroxyl groups is 1. The summed E-state index contributed by atoms with van der Waals surface area (Å²) in [5, 5.41) is 14.5. The highest BCUT2D eigenvalue weighted by Gasteiger charge is 2.52. The quantitative estimate of drug-likeness (QED) is 0.403. The van der Waals surface area contributed by atoms with Crippen LogP contribution in [0, 0.1) is 11.8 Å². The summed E-state index contributed by atoms with van der Waals surface area (Å²) in [5.74, 6) is 1.19. The minimum Gasteiger partial charge on any atom is -0.388 e. The van der Waals surface area contributed by atoms with Gasteiger partial charge in [0.25, 0.3) is 0 Å². The SMILES string of the molecule is C/C(=C\C1CCCCC1)C(O)(CCC(C)C)[Si](C)(c1ccccc1)c1ccccc1. The van der Waals surface area contributed by atoms with Gasteiger partial charge in [0.1, 0.15) is 0 Å². The Kier molecular flexibility index (Phi) is 7.76. The molecule has 1 unspecified atom stereocenters. The molecule has 1 aliphatic rings. The van der Waals surface area contributed by atoms with Gasteiger partial charge in [-0.15, -0.1) is 0 Å². The smallest absolute Gasteiger partial charge is 0.154 e. The van der Waals surface area contributed by atoms with Gasteiger partial charge in [0, 0.05) is 0 Å². The van der Waals surface area contributed by atoms with E-state index < -0.39 is 13.3 Å². The van der Waals surface area contributed by atoms with Crippen molar-refractivity contribution < 1.29 is 5.11 Å². The minimum atomic E-state index is -2.48. The predicted molar refractivity (Wildman–Crippen MR) is 133 cm³/mol. The second-order valence-electron chi connectivity index (χ2n) is 9.90. The van der Waals surface area contributed by atoms with Gasteiger partial charge in [0.2, 0.25) is 0 Å². The van der Waals surface area contributed by atoms with Crippen molar-refractivity contribution in [2.45, 2.75) is 77.5 Å². The third-order valence-electron chi connectivity index (χ3n) is 7.40. The van der Waals surface area contributed by atoms with Crippen LogP contribution in [0.1, 0.15) is 65.7 Å². The summed E-state index contributed by atoms with van der Waals surface area (Å²) in [6, 6.07) is 21.7. The van der Waals surface area contributed by atoms with Crippen molar-refractivity contribution in [1.82, 2.24) is 0 Å². The molecule has 2 aromatic rings. The van der Waals surface area contributed by atoms with Gasteiger partial charge < -0.3 is 5.11 Å². The van der Waals surface area contributed by atoms with E-state index in [0.29, 0.717) is 11.8 Å². The van der Waals surface area contributed by atoms with Gasteiger partial charge in [-0.25, -0.2) is 0 Å².